The first-order valence-electron chi connectivity index (χ1n) is 27.1. The lowest BCUT2D eigenvalue weighted by Crippen LogP contribution is -2.62. The van der Waals surface area contributed by atoms with E-state index >= 15 is 0 Å². The molecule has 3 aliphatic heterocycles. The van der Waals surface area contributed by atoms with Crippen molar-refractivity contribution in [2.75, 3.05) is 39.3 Å². The summed E-state index contributed by atoms with van der Waals surface area (Å²) in [7, 11) is 0. The minimum atomic E-state index is -1.57. The molecule has 1 aromatic carbocycles. The van der Waals surface area contributed by atoms with Crippen LogP contribution >= 0.6 is 0 Å². The lowest BCUT2D eigenvalue weighted by molar-refractivity contribution is -0.148. The van der Waals surface area contributed by atoms with E-state index in [0.29, 0.717) is 38.5 Å². The second kappa shape index (κ2) is 28.5. The Morgan fingerprint density at radius 1 is 0.654 bits per heavy atom. The van der Waals surface area contributed by atoms with Crippen LogP contribution in [0, 0.1) is 11.8 Å². The number of β-amino-alcohol motifs (C(OH)–C–C–N with tert-alkyl or cyclic N) is 1. The molecule has 0 bridgehead atoms. The molecule has 430 valence electrons. The molecular weight excluding hydrogens is 1010 g/mol. The van der Waals surface area contributed by atoms with Gasteiger partial charge < -0.3 is 85.3 Å². The summed E-state index contributed by atoms with van der Waals surface area (Å²) in [5.74, 6) is -7.74. The summed E-state index contributed by atoms with van der Waals surface area (Å²) in [6.07, 6.45) is 5.83. The number of carboxylic acids is 1. The fourth-order valence-electron chi connectivity index (χ4n) is 11.4. The van der Waals surface area contributed by atoms with E-state index in [-0.39, 0.29) is 95.0 Å². The number of aliphatic imine (C=N–C) groups is 2. The summed E-state index contributed by atoms with van der Waals surface area (Å²) in [5.41, 5.74) is 29.4. The van der Waals surface area contributed by atoms with Gasteiger partial charge in [0.05, 0.1) is 25.3 Å². The highest BCUT2D eigenvalue weighted by Crippen LogP contribution is 2.31. The molecule has 4 fully saturated rings. The number of aliphatic hydroxyl groups is 2. The van der Waals surface area contributed by atoms with Gasteiger partial charge in [-0.1, -0.05) is 49.9 Å². The third-order valence-corrected chi connectivity index (χ3v) is 15.5. The Labute approximate surface area is 452 Å². The van der Waals surface area contributed by atoms with Crippen molar-refractivity contribution in [3.05, 3.63) is 35.4 Å². The molecule has 3 heterocycles. The highest BCUT2D eigenvalue weighted by Gasteiger charge is 2.47. The van der Waals surface area contributed by atoms with Crippen LogP contribution in [-0.4, -0.2) is 189 Å². The first-order valence-corrected chi connectivity index (χ1v) is 27.1. The number of rotatable bonds is 25. The van der Waals surface area contributed by atoms with Crippen LogP contribution < -0.4 is 55.3 Å². The number of likely N-dealkylation sites (tertiary alicyclic amines) is 2. The SMILES string of the molecule is NC(N)=NCCC[C@@H](N)C(=O)N[C@@H](CCCN=C(N)N)C(=O)N1CCC[C@H]1C(=O)N1C[C@H](O)C[C@H]1C(=O)NCC(=O)N[C@H](C(=O)N[C@@H](CO)C(=O)N1Cc2ccccc2C[C@@H]1C(=O)N[C@H](C(=O)O)C1CCCC1)C1CCCC1. The molecule has 8 amide bonds. The number of amides is 8. The maximum absolute atomic E-state index is 14.4. The minimum absolute atomic E-state index is 0.0559. The van der Waals surface area contributed by atoms with Gasteiger partial charge in [0.1, 0.15) is 42.3 Å². The van der Waals surface area contributed by atoms with Crippen LogP contribution in [0.3, 0.4) is 0 Å². The number of nitrogens with two attached hydrogens (primary N) is 5. The lowest BCUT2D eigenvalue weighted by Gasteiger charge is -2.38. The number of hydrogen-bond acceptors (Lipinski definition) is 14. The summed E-state index contributed by atoms with van der Waals surface area (Å²) in [5, 5.41) is 44.7. The zero-order chi connectivity index (χ0) is 56.6. The van der Waals surface area contributed by atoms with Gasteiger partial charge in [-0.3, -0.25) is 48.3 Å². The number of aliphatic hydroxyl groups excluding tert-OH is 2. The molecule has 27 heteroatoms. The summed E-state index contributed by atoms with van der Waals surface area (Å²) < 4.78 is 0. The molecule has 2 saturated heterocycles. The van der Waals surface area contributed by atoms with Gasteiger partial charge in [0.2, 0.25) is 47.3 Å². The maximum atomic E-state index is 14.4. The number of fused-ring (bicyclic) bond motifs is 1. The smallest absolute Gasteiger partial charge is 0.326 e. The van der Waals surface area contributed by atoms with Gasteiger partial charge in [-0.15, -0.1) is 0 Å². The molecule has 0 radical (unpaired) electrons. The van der Waals surface area contributed by atoms with Crippen molar-refractivity contribution in [3.8, 4) is 0 Å². The van der Waals surface area contributed by atoms with Crippen molar-refractivity contribution < 1.29 is 58.5 Å². The second-order valence-electron chi connectivity index (χ2n) is 21.0. The Hall–Kier alpha value is -7.13. The van der Waals surface area contributed by atoms with E-state index in [9.17, 15) is 58.5 Å². The Morgan fingerprint density at radius 3 is 1.86 bits per heavy atom. The van der Waals surface area contributed by atoms with Crippen molar-refractivity contribution in [1.29, 1.82) is 0 Å². The highest BCUT2D eigenvalue weighted by atomic mass is 16.4. The van der Waals surface area contributed by atoms with Crippen molar-refractivity contribution in [1.82, 2.24) is 41.3 Å². The van der Waals surface area contributed by atoms with Crippen LogP contribution in [0.25, 0.3) is 0 Å². The standard InChI is InChI=1S/C51H79N15O12/c52-33(16-7-19-57-50(53)54)42(70)60-34(17-8-20-58-51(55)56)46(74)64-21-9-18-36(64)48(76)66-26-32(68)23-38(66)43(71)59-24-39(69)62-40(28-10-1-2-11-28)45(73)61-35(27-67)47(75)65-25-31-15-6-5-14-30(31)22-37(65)44(72)63-41(49(77)78)29-12-3-4-13-29/h5-6,14-15,28-29,32-38,40-41,67-68H,1-4,7-13,16-27,52H2,(H,59,71)(H,60,70)(H,61,73)(H,62,69)(H,63,72)(H,77,78)(H4,53,54,57)(H4,55,56,58)/t32-,33-,34+,35+,36+,37-,38+,40+,41+/m1/s1. The predicted octanol–water partition coefficient (Wildman–Crippen LogP) is -4.16. The van der Waals surface area contributed by atoms with Crippen LogP contribution in [0.1, 0.15) is 107 Å². The molecule has 27 nitrogen and oxygen atoms in total. The topological polar surface area (TPSA) is 439 Å². The molecular formula is C51H79N15O12. The van der Waals surface area contributed by atoms with E-state index in [4.69, 9.17) is 28.7 Å². The van der Waals surface area contributed by atoms with E-state index in [1.165, 1.54) is 14.7 Å². The van der Waals surface area contributed by atoms with Gasteiger partial charge in [-0.2, -0.15) is 0 Å². The van der Waals surface area contributed by atoms with Crippen LogP contribution in [0.5, 0.6) is 0 Å². The van der Waals surface area contributed by atoms with E-state index in [2.05, 4.69) is 36.6 Å². The van der Waals surface area contributed by atoms with E-state index in [1.54, 1.807) is 18.2 Å². The predicted molar refractivity (Wildman–Crippen MR) is 283 cm³/mol. The average Bonchev–Trinajstić information content (AvgIpc) is 4.28. The maximum Gasteiger partial charge on any atom is 0.326 e. The molecule has 0 unspecified atom stereocenters. The van der Waals surface area contributed by atoms with Crippen LogP contribution in [0.2, 0.25) is 0 Å². The number of nitrogens with one attached hydrogen (secondary N) is 5. The van der Waals surface area contributed by atoms with Crippen molar-refractivity contribution >= 4 is 65.1 Å². The summed E-state index contributed by atoms with van der Waals surface area (Å²) >= 11 is 0. The largest absolute Gasteiger partial charge is 0.480 e. The van der Waals surface area contributed by atoms with Gasteiger partial charge in [-0.25, -0.2) is 4.79 Å². The van der Waals surface area contributed by atoms with Gasteiger partial charge in [0.25, 0.3) is 0 Å². The summed E-state index contributed by atoms with van der Waals surface area (Å²) in [4.78, 5) is 136. The van der Waals surface area contributed by atoms with Gasteiger partial charge in [0, 0.05) is 45.6 Å². The fourth-order valence-corrected chi connectivity index (χ4v) is 11.4. The number of benzene rings is 1. The average molecular weight is 1090 g/mol. The summed E-state index contributed by atoms with van der Waals surface area (Å²) in [6, 6.07) is -2.40. The number of carbonyl (C=O) groups is 9. The molecule has 18 N–H and O–H groups in total. The van der Waals surface area contributed by atoms with Crippen molar-refractivity contribution in [2.24, 2.45) is 50.5 Å². The number of carbonyl (C=O) groups excluding carboxylic acids is 8. The molecule has 0 aromatic heterocycles. The number of aliphatic carboxylic acids is 1. The third kappa shape index (κ3) is 16.0. The fraction of sp³-hybridized carbons (Fsp3) is 0.667. The van der Waals surface area contributed by atoms with Gasteiger partial charge in [-0.05, 0) is 87.2 Å². The van der Waals surface area contributed by atoms with E-state index < -0.39 is 121 Å². The molecule has 1 aromatic rings. The van der Waals surface area contributed by atoms with E-state index in [1.807, 2.05) is 6.07 Å². The number of hydrogen-bond donors (Lipinski definition) is 13. The zero-order valence-corrected chi connectivity index (χ0v) is 44.1. The van der Waals surface area contributed by atoms with Crippen molar-refractivity contribution in [2.45, 2.75) is 164 Å². The molecule has 78 heavy (non-hydrogen) atoms. The Bertz CT molecular complexity index is 2390. The molecule has 6 rings (SSSR count). The Balaban J connectivity index is 1.09. The van der Waals surface area contributed by atoms with Crippen LogP contribution in [0.15, 0.2) is 34.3 Å². The first-order chi connectivity index (χ1) is 37.3. The quantitative estimate of drug-likeness (QED) is 0.0251. The van der Waals surface area contributed by atoms with Gasteiger partial charge >= 0.3 is 5.97 Å². The second-order valence-corrected chi connectivity index (χ2v) is 21.0. The van der Waals surface area contributed by atoms with Crippen molar-refractivity contribution in [3.63, 3.8) is 0 Å². The molecule has 9 atom stereocenters. The zero-order valence-electron chi connectivity index (χ0n) is 44.1. The molecule has 5 aliphatic rings. The normalized spacial score (nSPS) is 22.2. The number of carboxylic acid groups (broad SMARTS) is 1. The molecule has 2 aliphatic carbocycles. The summed E-state index contributed by atoms with van der Waals surface area (Å²) in [6.45, 7) is -1.31. The number of nitrogens with zero attached hydrogens (tertiary/aromatic N) is 5. The monoisotopic (exact) mass is 1090 g/mol. The molecule has 0 spiro atoms. The number of guanidine groups is 2. The lowest BCUT2D eigenvalue weighted by atomic mass is 9.91. The van der Waals surface area contributed by atoms with Crippen LogP contribution in [-0.2, 0) is 56.1 Å². The van der Waals surface area contributed by atoms with Crippen LogP contribution in [0.4, 0.5) is 0 Å². The first kappa shape index (κ1) is 60.1. The third-order valence-electron chi connectivity index (χ3n) is 15.5. The Kier molecular flexibility index (Phi) is 21.9. The Morgan fingerprint density at radius 2 is 1.24 bits per heavy atom. The van der Waals surface area contributed by atoms with Gasteiger partial charge in [0.15, 0.2) is 11.9 Å². The van der Waals surface area contributed by atoms with E-state index in [0.717, 1.165) is 36.8 Å². The highest BCUT2D eigenvalue weighted by molar-refractivity contribution is 5.98. The minimum Gasteiger partial charge on any atom is -0.480 e. The molecule has 2 saturated carbocycles.